The Hall–Kier alpha value is -4.21. The SMILES string of the molecule is COc1cc(N2CCC(COc3cc(C(CC(=O)O)C4CC4)ccn3)CC2)c(C(=O)N(CC(C)(C)C)c2cccc(C)n2)cc1F. The second-order valence-electron chi connectivity index (χ2n) is 13.8. The molecule has 2 aromatic heterocycles. The van der Waals surface area contributed by atoms with Crippen LogP contribution in [0.25, 0.3) is 0 Å². The van der Waals surface area contributed by atoms with E-state index in [9.17, 15) is 14.7 Å². The van der Waals surface area contributed by atoms with Gasteiger partial charge >= 0.3 is 5.97 Å². The predicted molar refractivity (Wildman–Crippen MR) is 175 cm³/mol. The fourth-order valence-corrected chi connectivity index (χ4v) is 6.21. The van der Waals surface area contributed by atoms with Crippen LogP contribution in [0.2, 0.25) is 0 Å². The predicted octanol–water partition coefficient (Wildman–Crippen LogP) is 6.89. The number of carbonyl (C=O) groups excluding carboxylic acids is 1. The molecule has 3 heterocycles. The number of aryl methyl sites for hydroxylation is 1. The standard InChI is InChI=1S/C36H45FN4O5/c1-23-7-6-8-32(39-23)41(22-36(2,3)4)35(44)28-18-29(37)31(45-5)20-30(28)40-15-12-24(13-16-40)21-46-33-17-26(11-14-38-33)27(19-34(42)43)25-9-10-25/h6-8,11,14,17-18,20,24-25,27H,9-10,12-13,15-16,19,21-22H2,1-5H3,(H,42,43). The first kappa shape index (κ1) is 33.2. The lowest BCUT2D eigenvalue weighted by Crippen LogP contribution is -2.41. The summed E-state index contributed by atoms with van der Waals surface area (Å²) in [6.45, 7) is 10.2. The third kappa shape index (κ3) is 8.33. The van der Waals surface area contributed by atoms with Crippen molar-refractivity contribution in [3.8, 4) is 11.6 Å². The number of carboxylic acids is 1. The maximum Gasteiger partial charge on any atom is 0.303 e. The summed E-state index contributed by atoms with van der Waals surface area (Å²) in [5.74, 6) is 0.0870. The van der Waals surface area contributed by atoms with E-state index in [4.69, 9.17) is 9.47 Å². The van der Waals surface area contributed by atoms with Crippen LogP contribution in [-0.2, 0) is 4.79 Å². The fourth-order valence-electron chi connectivity index (χ4n) is 6.21. The Kier molecular flexibility index (Phi) is 10.1. The number of nitrogens with zero attached hydrogens (tertiary/aromatic N) is 4. The number of halogens is 1. The largest absolute Gasteiger partial charge is 0.494 e. The van der Waals surface area contributed by atoms with E-state index in [0.717, 1.165) is 36.9 Å². The molecule has 2 aliphatic rings. The lowest BCUT2D eigenvalue weighted by atomic mass is 9.92. The van der Waals surface area contributed by atoms with Gasteiger partial charge in [0.15, 0.2) is 11.6 Å². The molecule has 1 aromatic carbocycles. The highest BCUT2D eigenvalue weighted by molar-refractivity contribution is 6.09. The fraction of sp³-hybridized carbons (Fsp3) is 0.500. The number of rotatable bonds is 12. The Bertz CT molecular complexity index is 1550. The monoisotopic (exact) mass is 632 g/mol. The number of amides is 1. The van der Waals surface area contributed by atoms with Gasteiger partial charge in [0.2, 0.25) is 5.88 Å². The third-order valence-electron chi connectivity index (χ3n) is 8.72. The first-order valence-electron chi connectivity index (χ1n) is 16.1. The summed E-state index contributed by atoms with van der Waals surface area (Å²) < 4.78 is 26.6. The van der Waals surface area contributed by atoms with Gasteiger partial charge in [0.05, 0.1) is 31.4 Å². The number of benzene rings is 1. The number of hydrogen-bond acceptors (Lipinski definition) is 7. The summed E-state index contributed by atoms with van der Waals surface area (Å²) in [7, 11) is 1.42. The second kappa shape index (κ2) is 14.1. The minimum Gasteiger partial charge on any atom is -0.494 e. The minimum absolute atomic E-state index is 0.0169. The van der Waals surface area contributed by atoms with Crippen LogP contribution in [-0.4, -0.2) is 60.3 Å². The first-order valence-corrected chi connectivity index (χ1v) is 16.1. The number of piperidine rings is 1. The lowest BCUT2D eigenvalue weighted by Gasteiger charge is -2.36. The zero-order chi connectivity index (χ0) is 33.0. The third-order valence-corrected chi connectivity index (χ3v) is 8.72. The van der Waals surface area contributed by atoms with E-state index in [1.807, 2.05) is 37.3 Å². The average molecular weight is 633 g/mol. The molecular formula is C36H45FN4O5. The number of carboxylic acid groups (broad SMARTS) is 1. The molecule has 2 fully saturated rings. The Labute approximate surface area is 270 Å². The van der Waals surface area contributed by atoms with Crippen molar-refractivity contribution in [2.75, 3.05) is 43.2 Å². The first-order chi connectivity index (χ1) is 21.9. The van der Waals surface area contributed by atoms with Crippen LogP contribution in [0.3, 0.4) is 0 Å². The van der Waals surface area contributed by atoms with Crippen LogP contribution >= 0.6 is 0 Å². The van der Waals surface area contributed by atoms with Crippen molar-refractivity contribution in [1.82, 2.24) is 9.97 Å². The summed E-state index contributed by atoms with van der Waals surface area (Å²) >= 11 is 0. The van der Waals surface area contributed by atoms with Crippen molar-refractivity contribution >= 4 is 23.4 Å². The molecule has 1 aliphatic carbocycles. The van der Waals surface area contributed by atoms with Crippen molar-refractivity contribution in [2.24, 2.45) is 17.3 Å². The number of aliphatic carboxylic acids is 1. The molecule has 9 nitrogen and oxygen atoms in total. The van der Waals surface area contributed by atoms with Crippen molar-refractivity contribution in [2.45, 2.75) is 65.7 Å². The molecule has 1 aliphatic heterocycles. The van der Waals surface area contributed by atoms with Gasteiger partial charge in [-0.25, -0.2) is 14.4 Å². The van der Waals surface area contributed by atoms with Crippen LogP contribution in [0.5, 0.6) is 11.6 Å². The van der Waals surface area contributed by atoms with E-state index in [-0.39, 0.29) is 40.9 Å². The van der Waals surface area contributed by atoms with Crippen molar-refractivity contribution in [3.05, 3.63) is 71.3 Å². The number of methoxy groups -OCH3 is 1. The number of hydrogen-bond donors (Lipinski definition) is 1. The number of aromatic nitrogens is 2. The second-order valence-corrected chi connectivity index (χ2v) is 13.8. The Morgan fingerprint density at radius 3 is 2.48 bits per heavy atom. The van der Waals surface area contributed by atoms with Gasteiger partial charge < -0.3 is 19.5 Å². The molecule has 0 bridgehead atoms. The van der Waals surface area contributed by atoms with Crippen LogP contribution in [0.4, 0.5) is 15.9 Å². The van der Waals surface area contributed by atoms with Gasteiger partial charge in [-0.3, -0.25) is 14.5 Å². The molecule has 1 saturated carbocycles. The summed E-state index contributed by atoms with van der Waals surface area (Å²) in [6.07, 6.45) is 5.53. The van der Waals surface area contributed by atoms with Gasteiger partial charge in [0.25, 0.3) is 5.91 Å². The number of ether oxygens (including phenoxy) is 2. The van der Waals surface area contributed by atoms with Gasteiger partial charge in [-0.2, -0.15) is 0 Å². The zero-order valence-corrected chi connectivity index (χ0v) is 27.5. The zero-order valence-electron chi connectivity index (χ0n) is 27.5. The quantitative estimate of drug-likeness (QED) is 0.230. The maximum atomic E-state index is 15.2. The van der Waals surface area contributed by atoms with Crippen LogP contribution in [0, 0.1) is 30.0 Å². The normalized spacial score (nSPS) is 16.2. The Morgan fingerprint density at radius 1 is 1.11 bits per heavy atom. The molecule has 1 amide bonds. The molecule has 3 aromatic rings. The molecule has 10 heteroatoms. The van der Waals surface area contributed by atoms with Crippen molar-refractivity contribution in [3.63, 3.8) is 0 Å². The summed E-state index contributed by atoms with van der Waals surface area (Å²) in [5, 5.41) is 9.39. The lowest BCUT2D eigenvalue weighted by molar-refractivity contribution is -0.137. The Balaban J connectivity index is 1.30. The number of anilines is 2. The number of pyridine rings is 2. The van der Waals surface area contributed by atoms with E-state index >= 15 is 4.39 Å². The average Bonchev–Trinajstić information content (AvgIpc) is 3.86. The van der Waals surface area contributed by atoms with Crippen molar-refractivity contribution < 1.29 is 28.6 Å². The molecule has 1 N–H and O–H groups in total. The highest BCUT2D eigenvalue weighted by Crippen LogP contribution is 2.45. The molecule has 1 unspecified atom stereocenters. The highest BCUT2D eigenvalue weighted by atomic mass is 19.1. The molecule has 0 radical (unpaired) electrons. The van der Waals surface area contributed by atoms with Crippen LogP contribution < -0.4 is 19.3 Å². The maximum absolute atomic E-state index is 15.2. The summed E-state index contributed by atoms with van der Waals surface area (Å²) in [4.78, 5) is 38.5. The van der Waals surface area contributed by atoms with Crippen LogP contribution in [0.1, 0.15) is 80.4 Å². The molecule has 5 rings (SSSR count). The van der Waals surface area contributed by atoms with E-state index in [0.29, 0.717) is 49.5 Å². The summed E-state index contributed by atoms with van der Waals surface area (Å²) in [6, 6.07) is 12.3. The minimum atomic E-state index is -0.791. The molecule has 1 saturated heterocycles. The molecule has 0 spiro atoms. The molecule has 1 atom stereocenters. The molecular weight excluding hydrogens is 587 g/mol. The number of carbonyl (C=O) groups is 2. The van der Waals surface area contributed by atoms with E-state index in [1.165, 1.54) is 13.2 Å². The smallest absolute Gasteiger partial charge is 0.303 e. The highest BCUT2D eigenvalue weighted by Gasteiger charge is 2.34. The Morgan fingerprint density at radius 2 is 1.85 bits per heavy atom. The molecule has 46 heavy (non-hydrogen) atoms. The van der Waals surface area contributed by atoms with Gasteiger partial charge in [-0.15, -0.1) is 0 Å². The van der Waals surface area contributed by atoms with E-state index < -0.39 is 11.8 Å². The van der Waals surface area contributed by atoms with Crippen molar-refractivity contribution in [1.29, 1.82) is 0 Å². The topological polar surface area (TPSA) is 105 Å². The van der Waals surface area contributed by atoms with E-state index in [2.05, 4.69) is 35.6 Å². The van der Waals surface area contributed by atoms with Gasteiger partial charge in [0, 0.05) is 43.7 Å². The van der Waals surface area contributed by atoms with E-state index in [1.54, 1.807) is 17.2 Å². The van der Waals surface area contributed by atoms with Gasteiger partial charge in [-0.05, 0) is 85.6 Å². The summed E-state index contributed by atoms with van der Waals surface area (Å²) in [5.41, 5.74) is 2.43. The van der Waals surface area contributed by atoms with Gasteiger partial charge in [-0.1, -0.05) is 26.8 Å². The van der Waals surface area contributed by atoms with Gasteiger partial charge in [0.1, 0.15) is 5.82 Å². The van der Waals surface area contributed by atoms with Crippen LogP contribution in [0.15, 0.2) is 48.7 Å². The molecule has 246 valence electrons.